The minimum absolute atomic E-state index is 0.0299. The quantitative estimate of drug-likeness (QED) is 0.478. The number of pyridine rings is 1. The number of hydrogen-bond acceptors (Lipinski definition) is 5. The average molecular weight is 480 g/mol. The van der Waals surface area contributed by atoms with E-state index in [4.69, 9.17) is 9.47 Å². The molecule has 2 heterocycles. The van der Waals surface area contributed by atoms with E-state index in [1.807, 2.05) is 18.7 Å². The van der Waals surface area contributed by atoms with Crippen LogP contribution in [0.2, 0.25) is 0 Å². The van der Waals surface area contributed by atoms with E-state index in [0.717, 1.165) is 0 Å². The molecule has 182 valence electrons. The van der Waals surface area contributed by atoms with Crippen LogP contribution in [0.1, 0.15) is 25.0 Å². The van der Waals surface area contributed by atoms with E-state index in [-0.39, 0.29) is 36.2 Å². The fraction of sp³-hybridized carbons (Fsp3) is 0.259. The van der Waals surface area contributed by atoms with Gasteiger partial charge >= 0.3 is 0 Å². The Morgan fingerprint density at radius 1 is 1.14 bits per heavy atom. The van der Waals surface area contributed by atoms with E-state index in [1.165, 1.54) is 36.5 Å². The maximum absolute atomic E-state index is 14.7. The van der Waals surface area contributed by atoms with Crippen LogP contribution in [-0.4, -0.2) is 36.2 Å². The summed E-state index contributed by atoms with van der Waals surface area (Å²) in [5.74, 6) is -0.784. The summed E-state index contributed by atoms with van der Waals surface area (Å²) in [6, 6.07) is 12.7. The van der Waals surface area contributed by atoms with E-state index in [2.05, 4.69) is 10.3 Å². The summed E-state index contributed by atoms with van der Waals surface area (Å²) in [5.41, 5.74) is 1.67. The van der Waals surface area contributed by atoms with E-state index < -0.39 is 5.82 Å². The summed E-state index contributed by atoms with van der Waals surface area (Å²) in [4.78, 5) is 18.1. The highest BCUT2D eigenvalue weighted by Crippen LogP contribution is 2.26. The largest absolute Gasteiger partial charge is 0.453 e. The van der Waals surface area contributed by atoms with E-state index in [9.17, 15) is 13.6 Å². The molecular weight excluding hydrogens is 452 g/mol. The number of benzene rings is 2. The molecule has 3 aromatic rings. The number of hydrogen-bond donors (Lipinski definition) is 1. The highest BCUT2D eigenvalue weighted by atomic mass is 19.1. The molecule has 1 amide bonds. The van der Waals surface area contributed by atoms with Crippen molar-refractivity contribution in [2.75, 3.05) is 18.0 Å². The Labute approximate surface area is 203 Å². The summed E-state index contributed by atoms with van der Waals surface area (Å²) >= 11 is 0. The molecule has 0 spiro atoms. The van der Waals surface area contributed by atoms with Crippen LogP contribution >= 0.6 is 0 Å². The molecule has 1 fully saturated rings. The zero-order chi connectivity index (χ0) is 24.8. The van der Waals surface area contributed by atoms with Crippen molar-refractivity contribution in [2.45, 2.75) is 32.6 Å². The molecule has 1 saturated heterocycles. The van der Waals surface area contributed by atoms with Crippen molar-refractivity contribution in [3.8, 4) is 11.5 Å². The molecule has 2 unspecified atom stereocenters. The first-order valence-electron chi connectivity index (χ1n) is 11.4. The highest BCUT2D eigenvalue weighted by molar-refractivity contribution is 5.91. The molecular formula is C27H27F2N3O3. The van der Waals surface area contributed by atoms with Gasteiger partial charge in [-0.05, 0) is 67.4 Å². The fourth-order valence-electron chi connectivity index (χ4n) is 3.95. The predicted octanol–water partition coefficient (Wildman–Crippen LogP) is 5.10. The van der Waals surface area contributed by atoms with Crippen LogP contribution in [0.4, 0.5) is 14.5 Å². The van der Waals surface area contributed by atoms with E-state index in [0.29, 0.717) is 35.7 Å². The number of nitrogens with one attached hydrogen (secondary N) is 1. The van der Waals surface area contributed by atoms with Crippen molar-refractivity contribution in [1.82, 2.24) is 10.3 Å². The van der Waals surface area contributed by atoms with Crippen LogP contribution < -0.4 is 15.0 Å². The van der Waals surface area contributed by atoms with Gasteiger partial charge in [0.25, 0.3) is 0 Å². The second-order valence-corrected chi connectivity index (χ2v) is 8.48. The first-order valence-corrected chi connectivity index (χ1v) is 11.4. The van der Waals surface area contributed by atoms with Gasteiger partial charge in [0, 0.05) is 31.9 Å². The second-order valence-electron chi connectivity index (χ2n) is 8.48. The van der Waals surface area contributed by atoms with Gasteiger partial charge in [0.05, 0.1) is 24.1 Å². The van der Waals surface area contributed by atoms with Crippen molar-refractivity contribution in [3.63, 3.8) is 0 Å². The molecule has 6 nitrogen and oxygen atoms in total. The monoisotopic (exact) mass is 479 g/mol. The van der Waals surface area contributed by atoms with Gasteiger partial charge in [-0.1, -0.05) is 12.1 Å². The molecule has 8 heteroatoms. The molecule has 0 bridgehead atoms. The number of carbonyl (C=O) groups excluding carboxylic acids is 1. The Balaban J connectivity index is 1.31. The zero-order valence-electron chi connectivity index (χ0n) is 19.6. The number of anilines is 1. The lowest BCUT2D eigenvalue weighted by Gasteiger charge is -2.37. The van der Waals surface area contributed by atoms with Crippen molar-refractivity contribution >= 4 is 17.7 Å². The van der Waals surface area contributed by atoms with Crippen LogP contribution in [0.15, 0.2) is 67.0 Å². The first kappa shape index (κ1) is 24.3. The third-order valence-electron chi connectivity index (χ3n) is 5.48. The van der Waals surface area contributed by atoms with Gasteiger partial charge in [-0.15, -0.1) is 0 Å². The highest BCUT2D eigenvalue weighted by Gasteiger charge is 2.24. The Morgan fingerprint density at radius 2 is 1.94 bits per heavy atom. The molecule has 0 saturated carbocycles. The molecule has 2 atom stereocenters. The van der Waals surface area contributed by atoms with Gasteiger partial charge < -0.3 is 19.7 Å². The summed E-state index contributed by atoms with van der Waals surface area (Å²) in [6.07, 6.45) is 5.94. The fourth-order valence-corrected chi connectivity index (χ4v) is 3.95. The number of ether oxygens (including phenoxy) is 2. The molecule has 35 heavy (non-hydrogen) atoms. The van der Waals surface area contributed by atoms with Gasteiger partial charge in [0.2, 0.25) is 5.91 Å². The maximum atomic E-state index is 14.7. The van der Waals surface area contributed by atoms with Gasteiger partial charge in [0.15, 0.2) is 11.6 Å². The minimum Gasteiger partial charge on any atom is -0.453 e. The van der Waals surface area contributed by atoms with Crippen LogP contribution in [0.5, 0.6) is 11.5 Å². The molecule has 4 rings (SSSR count). The van der Waals surface area contributed by atoms with Crippen molar-refractivity contribution in [1.29, 1.82) is 0 Å². The Kier molecular flexibility index (Phi) is 7.72. The van der Waals surface area contributed by atoms with Crippen LogP contribution in [0.3, 0.4) is 0 Å². The van der Waals surface area contributed by atoms with Crippen molar-refractivity contribution in [2.24, 2.45) is 0 Å². The number of morpholine rings is 1. The SMILES string of the molecule is CC1CN(c2ccc(CNC(=O)/C=C/c3ccc(Oc4cccnc4)c(F)c3)cc2F)CC(C)O1. The Morgan fingerprint density at radius 3 is 2.63 bits per heavy atom. The van der Waals surface area contributed by atoms with Gasteiger partial charge in [-0.3, -0.25) is 9.78 Å². The van der Waals surface area contributed by atoms with Gasteiger partial charge in [-0.2, -0.15) is 0 Å². The van der Waals surface area contributed by atoms with Crippen LogP contribution in [0.25, 0.3) is 6.08 Å². The number of rotatable bonds is 7. The zero-order valence-corrected chi connectivity index (χ0v) is 19.6. The molecule has 0 aliphatic carbocycles. The summed E-state index contributed by atoms with van der Waals surface area (Å²) in [7, 11) is 0. The van der Waals surface area contributed by atoms with Crippen LogP contribution in [-0.2, 0) is 16.1 Å². The standard InChI is InChI=1S/C27H27F2N3O3/c1-18-16-32(17-19(2)34-18)25-8-5-21(13-23(25)28)14-31-27(33)10-7-20-6-9-26(24(29)12-20)35-22-4-3-11-30-15-22/h3-13,15,18-19H,14,16-17H2,1-2H3,(H,31,33)/b10-7+. The van der Waals surface area contributed by atoms with E-state index >= 15 is 0 Å². The normalized spacial score (nSPS) is 18.0. The third-order valence-corrected chi connectivity index (χ3v) is 5.48. The number of halogens is 2. The van der Waals surface area contributed by atoms with Crippen LogP contribution in [0, 0.1) is 11.6 Å². The summed E-state index contributed by atoms with van der Waals surface area (Å²) < 4.78 is 40.3. The molecule has 1 N–H and O–H groups in total. The molecule has 1 aliphatic heterocycles. The van der Waals surface area contributed by atoms with Gasteiger partial charge in [-0.25, -0.2) is 8.78 Å². The molecule has 1 aromatic heterocycles. The lowest BCUT2D eigenvalue weighted by atomic mass is 10.1. The summed E-state index contributed by atoms with van der Waals surface area (Å²) in [6.45, 7) is 5.36. The lowest BCUT2D eigenvalue weighted by molar-refractivity contribution is -0.116. The Bertz CT molecular complexity index is 1190. The van der Waals surface area contributed by atoms with Crippen molar-refractivity contribution < 1.29 is 23.0 Å². The minimum atomic E-state index is -0.559. The third kappa shape index (κ3) is 6.64. The molecule has 1 aliphatic rings. The van der Waals surface area contributed by atoms with Crippen molar-refractivity contribution in [3.05, 3.63) is 89.8 Å². The number of aromatic nitrogens is 1. The predicted molar refractivity (Wildman–Crippen MR) is 130 cm³/mol. The lowest BCUT2D eigenvalue weighted by Crippen LogP contribution is -2.45. The average Bonchev–Trinajstić information content (AvgIpc) is 2.83. The molecule has 0 radical (unpaired) electrons. The maximum Gasteiger partial charge on any atom is 0.244 e. The second kappa shape index (κ2) is 11.1. The van der Waals surface area contributed by atoms with Gasteiger partial charge in [0.1, 0.15) is 11.6 Å². The summed E-state index contributed by atoms with van der Waals surface area (Å²) in [5, 5.41) is 2.72. The smallest absolute Gasteiger partial charge is 0.244 e. The van der Waals surface area contributed by atoms with E-state index in [1.54, 1.807) is 36.5 Å². The first-order chi connectivity index (χ1) is 16.9. The number of nitrogens with zero attached hydrogens (tertiary/aromatic N) is 2. The topological polar surface area (TPSA) is 63.7 Å². The number of carbonyl (C=O) groups is 1. The number of amides is 1. The molecule has 2 aromatic carbocycles. The Hall–Kier alpha value is -3.78.